The van der Waals surface area contributed by atoms with Crippen LogP contribution in [0.1, 0.15) is 22.8 Å². The number of hydrogen-bond acceptors (Lipinski definition) is 5. The number of aryl methyl sites for hydroxylation is 1. The Balaban J connectivity index is 2.16. The average Bonchev–Trinajstić information content (AvgIpc) is 2.60. The highest BCUT2D eigenvalue weighted by atomic mass is 32.2. The lowest BCUT2D eigenvalue weighted by Crippen LogP contribution is -2.37. The first-order valence-corrected chi connectivity index (χ1v) is 10.2. The predicted molar refractivity (Wildman–Crippen MR) is 104 cm³/mol. The second-order valence-corrected chi connectivity index (χ2v) is 7.86. The van der Waals surface area contributed by atoms with Crippen LogP contribution >= 0.6 is 0 Å². The summed E-state index contributed by atoms with van der Waals surface area (Å²) in [6.07, 6.45) is 1.04. The number of hydrogen-bond donors (Lipinski definition) is 1. The first kappa shape index (κ1) is 20.4. The van der Waals surface area contributed by atoms with Crippen molar-refractivity contribution in [1.82, 2.24) is 0 Å². The summed E-state index contributed by atoms with van der Waals surface area (Å²) < 4.78 is 30.2. The fraction of sp³-hybridized carbons (Fsp3) is 0.263. The molecule has 1 amide bonds. The highest BCUT2D eigenvalue weighted by molar-refractivity contribution is 7.92. The van der Waals surface area contributed by atoms with Gasteiger partial charge in [0.05, 0.1) is 24.1 Å². The summed E-state index contributed by atoms with van der Waals surface area (Å²) in [5, 5.41) is 2.61. The van der Waals surface area contributed by atoms with E-state index in [0.717, 1.165) is 16.1 Å². The maximum Gasteiger partial charge on any atom is 0.338 e. The number of carbonyl (C=O) groups excluding carboxylic acids is 2. The molecule has 0 heterocycles. The second-order valence-electron chi connectivity index (χ2n) is 5.95. The van der Waals surface area contributed by atoms with Crippen LogP contribution in [0.2, 0.25) is 0 Å². The molecule has 0 unspecified atom stereocenters. The van der Waals surface area contributed by atoms with Gasteiger partial charge in [-0.05, 0) is 44.2 Å². The lowest BCUT2D eigenvalue weighted by Gasteiger charge is -2.22. The van der Waals surface area contributed by atoms with E-state index in [-0.39, 0.29) is 13.2 Å². The fourth-order valence-corrected chi connectivity index (χ4v) is 3.24. The van der Waals surface area contributed by atoms with Crippen LogP contribution < -0.4 is 9.62 Å². The molecule has 0 aromatic heterocycles. The molecule has 0 aliphatic carbocycles. The van der Waals surface area contributed by atoms with E-state index in [1.807, 2.05) is 6.92 Å². The molecular formula is C19H22N2O5S. The molecule has 2 rings (SSSR count). The van der Waals surface area contributed by atoms with E-state index in [2.05, 4.69) is 5.32 Å². The minimum Gasteiger partial charge on any atom is -0.462 e. The van der Waals surface area contributed by atoms with Gasteiger partial charge in [-0.25, -0.2) is 13.2 Å². The second kappa shape index (κ2) is 8.68. The Morgan fingerprint density at radius 2 is 1.78 bits per heavy atom. The Morgan fingerprint density at radius 3 is 2.37 bits per heavy atom. The Kier molecular flexibility index (Phi) is 6.57. The van der Waals surface area contributed by atoms with Crippen molar-refractivity contribution in [2.45, 2.75) is 13.8 Å². The SMILES string of the molecule is CCOC(=O)c1cccc(NC(=O)CN(c2ccc(C)cc2)S(C)(=O)=O)c1. The van der Waals surface area contributed by atoms with E-state index in [0.29, 0.717) is 16.9 Å². The quantitative estimate of drug-likeness (QED) is 0.734. The molecular weight excluding hydrogens is 368 g/mol. The summed E-state index contributed by atoms with van der Waals surface area (Å²) in [4.78, 5) is 24.2. The first-order valence-electron chi connectivity index (χ1n) is 8.32. The molecule has 0 fully saturated rings. The minimum absolute atomic E-state index is 0.245. The van der Waals surface area contributed by atoms with Crippen molar-refractivity contribution in [2.75, 3.05) is 29.0 Å². The smallest absolute Gasteiger partial charge is 0.338 e. The van der Waals surface area contributed by atoms with Gasteiger partial charge in [0.25, 0.3) is 0 Å². The van der Waals surface area contributed by atoms with Crippen LogP contribution in [0, 0.1) is 6.92 Å². The zero-order valence-corrected chi connectivity index (χ0v) is 16.2. The standard InChI is InChI=1S/C19H22N2O5S/c1-4-26-19(23)15-6-5-7-16(12-15)20-18(22)13-21(27(3,24)25)17-10-8-14(2)9-11-17/h5-12H,4,13H2,1-3H3,(H,20,22). The number of anilines is 2. The van der Waals surface area contributed by atoms with Gasteiger partial charge in [-0.15, -0.1) is 0 Å². The van der Waals surface area contributed by atoms with Crippen LogP contribution in [-0.2, 0) is 19.6 Å². The molecule has 0 aliphatic heterocycles. The van der Waals surface area contributed by atoms with E-state index in [4.69, 9.17) is 4.74 Å². The van der Waals surface area contributed by atoms with Crippen LogP contribution in [0.15, 0.2) is 48.5 Å². The van der Waals surface area contributed by atoms with E-state index < -0.39 is 21.9 Å². The summed E-state index contributed by atoms with van der Waals surface area (Å²) in [5.74, 6) is -1.02. The molecule has 144 valence electrons. The molecule has 1 N–H and O–H groups in total. The molecule has 2 aromatic carbocycles. The lowest BCUT2D eigenvalue weighted by molar-refractivity contribution is -0.114. The van der Waals surface area contributed by atoms with E-state index in [9.17, 15) is 18.0 Å². The van der Waals surface area contributed by atoms with Gasteiger partial charge < -0.3 is 10.1 Å². The number of nitrogens with one attached hydrogen (secondary N) is 1. The summed E-state index contributed by atoms with van der Waals surface area (Å²) in [7, 11) is -3.65. The number of carbonyl (C=O) groups is 2. The Hall–Kier alpha value is -2.87. The zero-order chi connectivity index (χ0) is 20.0. The molecule has 0 saturated heterocycles. The van der Waals surface area contributed by atoms with Gasteiger partial charge in [-0.1, -0.05) is 23.8 Å². The Labute approximate surface area is 159 Å². The van der Waals surface area contributed by atoms with Crippen LogP contribution in [0.4, 0.5) is 11.4 Å². The van der Waals surface area contributed by atoms with Gasteiger partial charge in [0, 0.05) is 5.69 Å². The highest BCUT2D eigenvalue weighted by Crippen LogP contribution is 2.18. The van der Waals surface area contributed by atoms with Gasteiger partial charge in [-0.2, -0.15) is 0 Å². The van der Waals surface area contributed by atoms with Crippen molar-refractivity contribution in [3.63, 3.8) is 0 Å². The third kappa shape index (κ3) is 5.82. The molecule has 8 heteroatoms. The number of nitrogens with zero attached hydrogens (tertiary/aromatic N) is 1. The van der Waals surface area contributed by atoms with E-state index in [1.54, 1.807) is 49.4 Å². The van der Waals surface area contributed by atoms with Crippen LogP contribution in [-0.4, -0.2) is 39.7 Å². The van der Waals surface area contributed by atoms with Crippen molar-refractivity contribution in [1.29, 1.82) is 0 Å². The molecule has 7 nitrogen and oxygen atoms in total. The molecule has 0 aliphatic rings. The Bertz CT molecular complexity index is 923. The average molecular weight is 390 g/mol. The van der Waals surface area contributed by atoms with E-state index in [1.165, 1.54) is 6.07 Å². The lowest BCUT2D eigenvalue weighted by atomic mass is 10.2. The molecule has 2 aromatic rings. The van der Waals surface area contributed by atoms with Crippen molar-refractivity contribution in [3.8, 4) is 0 Å². The van der Waals surface area contributed by atoms with Crippen molar-refractivity contribution in [3.05, 3.63) is 59.7 Å². The molecule has 0 radical (unpaired) electrons. The van der Waals surface area contributed by atoms with Crippen molar-refractivity contribution in [2.24, 2.45) is 0 Å². The summed E-state index contributed by atoms with van der Waals surface area (Å²) in [6.45, 7) is 3.45. The summed E-state index contributed by atoms with van der Waals surface area (Å²) >= 11 is 0. The van der Waals surface area contributed by atoms with Crippen LogP contribution in [0.5, 0.6) is 0 Å². The van der Waals surface area contributed by atoms with Crippen LogP contribution in [0.25, 0.3) is 0 Å². The first-order chi connectivity index (χ1) is 12.7. The molecule has 0 saturated carbocycles. The minimum atomic E-state index is -3.65. The van der Waals surface area contributed by atoms with Gasteiger partial charge in [0.1, 0.15) is 6.54 Å². The maximum absolute atomic E-state index is 12.4. The summed E-state index contributed by atoms with van der Waals surface area (Å²) in [5.41, 5.74) is 2.06. The number of rotatable bonds is 7. The number of benzene rings is 2. The highest BCUT2D eigenvalue weighted by Gasteiger charge is 2.21. The van der Waals surface area contributed by atoms with Gasteiger partial charge >= 0.3 is 5.97 Å². The molecule has 0 bridgehead atoms. The third-order valence-electron chi connectivity index (χ3n) is 3.67. The largest absolute Gasteiger partial charge is 0.462 e. The van der Waals surface area contributed by atoms with Gasteiger partial charge in [-0.3, -0.25) is 9.10 Å². The maximum atomic E-state index is 12.4. The topological polar surface area (TPSA) is 92.8 Å². The van der Waals surface area contributed by atoms with Crippen molar-refractivity contribution < 1.29 is 22.7 Å². The third-order valence-corrected chi connectivity index (χ3v) is 4.81. The number of amides is 1. The monoisotopic (exact) mass is 390 g/mol. The van der Waals surface area contributed by atoms with Crippen LogP contribution in [0.3, 0.4) is 0 Å². The molecule has 0 spiro atoms. The normalized spacial score (nSPS) is 10.9. The fourth-order valence-electron chi connectivity index (χ4n) is 2.38. The zero-order valence-electron chi connectivity index (χ0n) is 15.4. The summed E-state index contributed by atoms with van der Waals surface area (Å²) in [6, 6.07) is 13.1. The predicted octanol–water partition coefficient (Wildman–Crippen LogP) is 2.58. The van der Waals surface area contributed by atoms with Gasteiger partial charge in [0.2, 0.25) is 15.9 Å². The molecule has 0 atom stereocenters. The Morgan fingerprint density at radius 1 is 1.11 bits per heavy atom. The molecule has 27 heavy (non-hydrogen) atoms. The van der Waals surface area contributed by atoms with Crippen molar-refractivity contribution >= 4 is 33.3 Å². The number of ether oxygens (including phenoxy) is 1. The van der Waals surface area contributed by atoms with E-state index >= 15 is 0 Å². The number of esters is 1. The number of sulfonamides is 1. The van der Waals surface area contributed by atoms with Gasteiger partial charge in [0.15, 0.2) is 0 Å².